The zero-order chi connectivity index (χ0) is 10.7. The molecule has 0 spiro atoms. The quantitative estimate of drug-likeness (QED) is 0.321. The predicted molar refractivity (Wildman–Crippen MR) is 52.2 cm³/mol. The van der Waals surface area contributed by atoms with Gasteiger partial charge in [-0.3, -0.25) is 0 Å². The number of hydrogen-bond acceptors (Lipinski definition) is 4. The summed E-state index contributed by atoms with van der Waals surface area (Å²) in [5, 5.41) is 15.8. The summed E-state index contributed by atoms with van der Waals surface area (Å²) in [5.41, 5.74) is 5.55. The zero-order valence-electron chi connectivity index (χ0n) is 8.60. The molecule has 1 aromatic heterocycles. The number of rotatable bonds is 3. The molecule has 1 aromatic rings. The molecule has 0 saturated carbocycles. The molecule has 0 aromatic carbocycles. The molecule has 78 valence electrons. The summed E-state index contributed by atoms with van der Waals surface area (Å²) in [4.78, 5) is 4.16. The van der Waals surface area contributed by atoms with E-state index in [1.807, 2.05) is 20.8 Å². The maximum Gasteiger partial charge on any atom is 0.164 e. The molecule has 0 radical (unpaired) electrons. The van der Waals surface area contributed by atoms with Gasteiger partial charge in [-0.1, -0.05) is 12.1 Å². The minimum Gasteiger partial charge on any atom is -0.409 e. The second-order valence-electron chi connectivity index (χ2n) is 3.10. The van der Waals surface area contributed by atoms with Gasteiger partial charge in [0.05, 0.1) is 0 Å². The van der Waals surface area contributed by atoms with E-state index >= 15 is 0 Å². The van der Waals surface area contributed by atoms with Crippen molar-refractivity contribution in [1.29, 1.82) is 0 Å². The van der Waals surface area contributed by atoms with Crippen LogP contribution in [0.25, 0.3) is 0 Å². The molecule has 0 fully saturated rings. The van der Waals surface area contributed by atoms with Crippen LogP contribution in [-0.4, -0.2) is 25.8 Å². The van der Waals surface area contributed by atoms with Crippen LogP contribution in [0.3, 0.4) is 0 Å². The Labute approximate surface area is 82.4 Å². The Bertz CT molecular complexity index is 344. The molecule has 6 heteroatoms. The summed E-state index contributed by atoms with van der Waals surface area (Å²) in [6, 6.07) is -0.221. The lowest BCUT2D eigenvalue weighted by atomic mass is 10.2. The summed E-state index contributed by atoms with van der Waals surface area (Å²) < 4.78 is 1.67. The van der Waals surface area contributed by atoms with Crippen molar-refractivity contribution in [2.75, 3.05) is 0 Å². The third-order valence-electron chi connectivity index (χ3n) is 2.05. The average molecular weight is 197 g/mol. The topological polar surface area (TPSA) is 89.3 Å². The van der Waals surface area contributed by atoms with Gasteiger partial charge in [-0.25, -0.2) is 9.67 Å². The van der Waals surface area contributed by atoms with Crippen LogP contribution in [0, 0.1) is 13.8 Å². The Morgan fingerprint density at radius 3 is 2.64 bits per heavy atom. The Morgan fingerprint density at radius 2 is 2.29 bits per heavy atom. The van der Waals surface area contributed by atoms with Gasteiger partial charge >= 0.3 is 0 Å². The van der Waals surface area contributed by atoms with E-state index in [0.29, 0.717) is 12.2 Å². The van der Waals surface area contributed by atoms with Crippen molar-refractivity contribution < 1.29 is 5.21 Å². The number of aryl methyl sites for hydroxylation is 2. The number of hydrogen-bond donors (Lipinski definition) is 2. The molecular weight excluding hydrogens is 182 g/mol. The molecule has 3 N–H and O–H groups in total. The van der Waals surface area contributed by atoms with Gasteiger partial charge in [0.15, 0.2) is 5.84 Å². The first-order valence-corrected chi connectivity index (χ1v) is 4.47. The molecule has 1 heterocycles. The molecule has 0 amide bonds. The van der Waals surface area contributed by atoms with E-state index in [-0.39, 0.29) is 11.9 Å². The molecule has 0 aliphatic heterocycles. The SMILES string of the molecule is CCC(/C(N)=N/O)n1nc(C)nc1C. The maximum absolute atomic E-state index is 8.60. The van der Waals surface area contributed by atoms with E-state index in [0.717, 1.165) is 5.82 Å². The average Bonchev–Trinajstić information content (AvgIpc) is 2.47. The van der Waals surface area contributed by atoms with Crippen LogP contribution in [0.1, 0.15) is 31.0 Å². The molecule has 0 saturated heterocycles. The fourth-order valence-electron chi connectivity index (χ4n) is 1.41. The van der Waals surface area contributed by atoms with Crippen LogP contribution in [0.2, 0.25) is 0 Å². The third kappa shape index (κ3) is 1.84. The van der Waals surface area contributed by atoms with Gasteiger partial charge in [-0.2, -0.15) is 5.10 Å². The molecular formula is C8H15N5O. The number of amidine groups is 1. The first-order valence-electron chi connectivity index (χ1n) is 4.47. The minimum absolute atomic E-state index is 0.153. The van der Waals surface area contributed by atoms with Crippen molar-refractivity contribution in [1.82, 2.24) is 14.8 Å². The Kier molecular flexibility index (Phi) is 3.06. The highest BCUT2D eigenvalue weighted by Gasteiger charge is 2.17. The first kappa shape index (κ1) is 10.5. The van der Waals surface area contributed by atoms with E-state index in [1.165, 1.54) is 0 Å². The van der Waals surface area contributed by atoms with E-state index in [9.17, 15) is 0 Å². The normalized spacial score (nSPS) is 14.4. The summed E-state index contributed by atoms with van der Waals surface area (Å²) in [7, 11) is 0. The van der Waals surface area contributed by atoms with Crippen molar-refractivity contribution >= 4 is 5.84 Å². The Morgan fingerprint density at radius 1 is 1.64 bits per heavy atom. The minimum atomic E-state index is -0.221. The Balaban J connectivity index is 3.06. The first-order chi connectivity index (χ1) is 6.60. The molecule has 0 aliphatic carbocycles. The van der Waals surface area contributed by atoms with Gasteiger partial charge in [0.25, 0.3) is 0 Å². The maximum atomic E-state index is 8.60. The van der Waals surface area contributed by atoms with Gasteiger partial charge < -0.3 is 10.9 Å². The fourth-order valence-corrected chi connectivity index (χ4v) is 1.41. The molecule has 1 atom stereocenters. The highest BCUT2D eigenvalue weighted by Crippen LogP contribution is 2.12. The largest absolute Gasteiger partial charge is 0.409 e. The van der Waals surface area contributed by atoms with Gasteiger partial charge in [0, 0.05) is 0 Å². The Hall–Kier alpha value is -1.59. The number of oxime groups is 1. The van der Waals surface area contributed by atoms with Crippen molar-refractivity contribution in [3.63, 3.8) is 0 Å². The number of aromatic nitrogens is 3. The lowest BCUT2D eigenvalue weighted by Gasteiger charge is -2.14. The van der Waals surface area contributed by atoms with E-state index in [4.69, 9.17) is 10.9 Å². The van der Waals surface area contributed by atoms with Gasteiger partial charge in [0.1, 0.15) is 17.7 Å². The van der Waals surface area contributed by atoms with Crippen LogP contribution in [0.5, 0.6) is 0 Å². The predicted octanol–water partition coefficient (Wildman–Crippen LogP) is 0.592. The van der Waals surface area contributed by atoms with Gasteiger partial charge in [-0.05, 0) is 20.3 Å². The summed E-state index contributed by atoms with van der Waals surface area (Å²) in [5.74, 6) is 1.60. The second-order valence-corrected chi connectivity index (χ2v) is 3.10. The summed E-state index contributed by atoms with van der Waals surface area (Å²) in [6.07, 6.45) is 0.708. The van der Waals surface area contributed by atoms with E-state index in [1.54, 1.807) is 4.68 Å². The van der Waals surface area contributed by atoms with Crippen molar-refractivity contribution in [3.05, 3.63) is 11.6 Å². The van der Waals surface area contributed by atoms with Crippen LogP contribution >= 0.6 is 0 Å². The zero-order valence-corrected chi connectivity index (χ0v) is 8.60. The number of nitrogens with zero attached hydrogens (tertiary/aromatic N) is 4. The molecule has 6 nitrogen and oxygen atoms in total. The molecule has 1 unspecified atom stereocenters. The fraction of sp³-hybridized carbons (Fsp3) is 0.625. The van der Waals surface area contributed by atoms with Crippen LogP contribution in [-0.2, 0) is 0 Å². The lowest BCUT2D eigenvalue weighted by Crippen LogP contribution is -2.28. The summed E-state index contributed by atoms with van der Waals surface area (Å²) >= 11 is 0. The van der Waals surface area contributed by atoms with E-state index < -0.39 is 0 Å². The van der Waals surface area contributed by atoms with Gasteiger partial charge in [-0.15, -0.1) is 0 Å². The summed E-state index contributed by atoms with van der Waals surface area (Å²) in [6.45, 7) is 5.59. The van der Waals surface area contributed by atoms with Gasteiger partial charge in [0.2, 0.25) is 0 Å². The smallest absolute Gasteiger partial charge is 0.164 e. The van der Waals surface area contributed by atoms with Crippen molar-refractivity contribution in [3.8, 4) is 0 Å². The van der Waals surface area contributed by atoms with Crippen molar-refractivity contribution in [2.45, 2.75) is 33.2 Å². The second kappa shape index (κ2) is 4.08. The monoisotopic (exact) mass is 197 g/mol. The van der Waals surface area contributed by atoms with Crippen LogP contribution < -0.4 is 5.73 Å². The van der Waals surface area contributed by atoms with Crippen LogP contribution in [0.15, 0.2) is 5.16 Å². The molecule has 0 bridgehead atoms. The molecule has 0 aliphatic rings. The van der Waals surface area contributed by atoms with E-state index in [2.05, 4.69) is 15.2 Å². The molecule has 14 heavy (non-hydrogen) atoms. The van der Waals surface area contributed by atoms with Crippen LogP contribution in [0.4, 0.5) is 0 Å². The lowest BCUT2D eigenvalue weighted by molar-refractivity contribution is 0.312. The number of nitrogens with two attached hydrogens (primary N) is 1. The molecule has 1 rings (SSSR count). The highest BCUT2D eigenvalue weighted by molar-refractivity contribution is 5.83. The third-order valence-corrected chi connectivity index (χ3v) is 2.05. The highest BCUT2D eigenvalue weighted by atomic mass is 16.4. The van der Waals surface area contributed by atoms with Crippen molar-refractivity contribution in [2.24, 2.45) is 10.9 Å². The standard InChI is InChI=1S/C8H15N5O/c1-4-7(8(9)12-14)13-6(3)10-5(2)11-13/h7,14H,4H2,1-3H3,(H2,9,12).